The molecule has 0 radical (unpaired) electrons. The third-order valence-corrected chi connectivity index (χ3v) is 15.7. The quantitative estimate of drug-likeness (QED) is 0.150. The molecule has 62 heavy (non-hydrogen) atoms. The minimum Gasteiger partial charge on any atom is -0.454 e. The van der Waals surface area contributed by atoms with Gasteiger partial charge < -0.3 is 18.6 Å². The van der Waals surface area contributed by atoms with Crippen LogP contribution in [0.3, 0.4) is 0 Å². The summed E-state index contributed by atoms with van der Waals surface area (Å²) >= 11 is 1.85. The summed E-state index contributed by atoms with van der Waals surface area (Å²) in [5, 5.41) is 10.8. The molecule has 0 saturated heterocycles. The van der Waals surface area contributed by atoms with Gasteiger partial charge >= 0.3 is 0 Å². The number of rotatable bonds is 7. The van der Waals surface area contributed by atoms with Crippen molar-refractivity contribution in [2.75, 3.05) is 9.80 Å². The van der Waals surface area contributed by atoms with Gasteiger partial charge in [-0.25, -0.2) is 0 Å². The lowest BCUT2D eigenvalue weighted by atomic mass is 10.00. The van der Waals surface area contributed by atoms with Crippen LogP contribution in [0.1, 0.15) is 5.56 Å². The zero-order chi connectivity index (χ0) is 41.7. The predicted octanol–water partition coefficient (Wildman–Crippen LogP) is 16.8. The van der Waals surface area contributed by atoms with Gasteiger partial charge in [0.1, 0.15) is 11.2 Å². The van der Waals surface area contributed by atoms with Gasteiger partial charge in [-0.1, -0.05) is 140 Å². The molecular formula is C56H42N2O2SSi. The van der Waals surface area contributed by atoms with E-state index in [1.54, 1.807) is 0 Å². The number of nitrogens with zero attached hydrogens (tertiary/aromatic N) is 2. The van der Waals surface area contributed by atoms with E-state index < -0.39 is 8.07 Å². The molecule has 12 rings (SSSR count). The fourth-order valence-electron chi connectivity index (χ4n) is 9.39. The van der Waals surface area contributed by atoms with Gasteiger partial charge in [0.2, 0.25) is 0 Å². The molecule has 0 atom stereocenters. The Morgan fingerprint density at radius 2 is 0.919 bits per heavy atom. The minimum atomic E-state index is -1.54. The van der Waals surface area contributed by atoms with Gasteiger partial charge in [-0.05, 0) is 85.1 Å². The first-order chi connectivity index (χ1) is 30.3. The summed E-state index contributed by atoms with van der Waals surface area (Å²) < 4.78 is 15.9. The van der Waals surface area contributed by atoms with Crippen molar-refractivity contribution in [2.24, 2.45) is 0 Å². The number of hydrogen-bond acceptors (Lipinski definition) is 5. The summed E-state index contributed by atoms with van der Waals surface area (Å²) in [7, 11) is -1.54. The summed E-state index contributed by atoms with van der Waals surface area (Å²) in [6.07, 6.45) is 0. The van der Waals surface area contributed by atoms with Crippen molar-refractivity contribution < 1.29 is 8.83 Å². The molecule has 6 heteroatoms. The molecule has 0 saturated carbocycles. The predicted molar refractivity (Wildman–Crippen MR) is 268 cm³/mol. The smallest absolute Gasteiger partial charge is 0.159 e. The maximum Gasteiger partial charge on any atom is 0.159 e. The van der Waals surface area contributed by atoms with Crippen LogP contribution in [0.25, 0.3) is 74.8 Å². The lowest BCUT2D eigenvalue weighted by Gasteiger charge is -2.28. The summed E-state index contributed by atoms with van der Waals surface area (Å²) in [4.78, 5) is 4.77. The highest BCUT2D eigenvalue weighted by atomic mass is 32.1. The highest BCUT2D eigenvalue weighted by Gasteiger charge is 2.25. The molecule has 4 nitrogen and oxygen atoms in total. The number of aryl methyl sites for hydroxylation is 1. The fraction of sp³-hybridized carbons (Fsp3) is 0.0714. The number of anilines is 6. The summed E-state index contributed by atoms with van der Waals surface area (Å²) in [5.41, 5.74) is 11.1. The Morgan fingerprint density at radius 1 is 0.403 bits per heavy atom. The van der Waals surface area contributed by atoms with Crippen LogP contribution in [0.2, 0.25) is 19.6 Å². The van der Waals surface area contributed by atoms with E-state index in [1.807, 2.05) is 23.5 Å². The molecule has 298 valence electrons. The van der Waals surface area contributed by atoms with Crippen LogP contribution >= 0.6 is 11.3 Å². The maximum absolute atomic E-state index is 6.75. The first-order valence-corrected chi connectivity index (χ1v) is 25.6. The zero-order valence-electron chi connectivity index (χ0n) is 34.9. The lowest BCUT2D eigenvalue weighted by molar-refractivity contribution is 0.668. The van der Waals surface area contributed by atoms with Crippen molar-refractivity contribution in [1.82, 2.24) is 0 Å². The molecule has 0 fully saturated rings. The molecule has 0 N–H and O–H groups in total. The van der Waals surface area contributed by atoms with E-state index in [9.17, 15) is 0 Å². The topological polar surface area (TPSA) is 32.8 Å². The maximum atomic E-state index is 6.75. The van der Waals surface area contributed by atoms with E-state index in [0.717, 1.165) is 78.0 Å². The molecule has 12 aromatic rings. The van der Waals surface area contributed by atoms with Crippen LogP contribution in [0, 0.1) is 6.92 Å². The van der Waals surface area contributed by atoms with Crippen LogP contribution < -0.4 is 15.0 Å². The summed E-state index contributed by atoms with van der Waals surface area (Å²) in [6, 6.07) is 66.0. The number of fused-ring (bicyclic) bond motifs is 11. The second-order valence-electron chi connectivity index (χ2n) is 17.4. The Hall–Kier alpha value is -7.12. The Morgan fingerprint density at radius 3 is 1.55 bits per heavy atom. The molecule has 0 aliphatic rings. The van der Waals surface area contributed by atoms with Crippen LogP contribution in [0.5, 0.6) is 0 Å². The lowest BCUT2D eigenvalue weighted by Crippen LogP contribution is -2.37. The highest BCUT2D eigenvalue weighted by Crippen LogP contribution is 2.50. The van der Waals surface area contributed by atoms with Gasteiger partial charge in [0, 0.05) is 64.2 Å². The van der Waals surface area contributed by atoms with Gasteiger partial charge in [-0.3, -0.25) is 0 Å². The van der Waals surface area contributed by atoms with Crippen molar-refractivity contribution in [3.05, 3.63) is 188 Å². The first-order valence-electron chi connectivity index (χ1n) is 21.2. The van der Waals surface area contributed by atoms with Crippen molar-refractivity contribution in [2.45, 2.75) is 26.6 Å². The average Bonchev–Trinajstić information content (AvgIpc) is 3.99. The highest BCUT2D eigenvalue weighted by molar-refractivity contribution is 7.26. The van der Waals surface area contributed by atoms with Gasteiger partial charge in [-0.15, -0.1) is 11.3 Å². The van der Waals surface area contributed by atoms with Gasteiger partial charge in [-0.2, -0.15) is 0 Å². The van der Waals surface area contributed by atoms with E-state index in [2.05, 4.69) is 206 Å². The molecule has 3 heterocycles. The average molecular weight is 835 g/mol. The zero-order valence-corrected chi connectivity index (χ0v) is 36.8. The molecule has 0 bridgehead atoms. The standard InChI is InChI=1S/C56H42N2O2SSi/c1-35-23-25-36(26-24-35)57(47-19-11-17-44-41-14-7-9-21-50(41)59-55(44)47)38-29-32-52-46(33-38)54-43-16-6-5-13-40(43)49(34-53(54)61-52)58(37-27-30-39(31-28-37)62(2,3)4)48-20-12-18-45-42-15-8-10-22-51(42)60-56(45)48/h5-34H,1-4H3. The van der Waals surface area contributed by atoms with Gasteiger partial charge in [0.05, 0.1) is 25.1 Å². The summed E-state index contributed by atoms with van der Waals surface area (Å²) in [5.74, 6) is 0. The molecule has 9 aromatic carbocycles. The van der Waals surface area contributed by atoms with Crippen LogP contribution in [0.15, 0.2) is 191 Å². The fourth-order valence-corrected chi connectivity index (χ4v) is 11.7. The monoisotopic (exact) mass is 834 g/mol. The van der Waals surface area contributed by atoms with Crippen LogP contribution in [0.4, 0.5) is 34.1 Å². The molecule has 3 aromatic heterocycles. The van der Waals surface area contributed by atoms with Crippen molar-refractivity contribution in [1.29, 1.82) is 0 Å². The minimum absolute atomic E-state index is 0.872. The molecule has 0 amide bonds. The van der Waals surface area contributed by atoms with Crippen molar-refractivity contribution in [3.63, 3.8) is 0 Å². The second kappa shape index (κ2) is 14.0. The molecule has 0 aliphatic heterocycles. The van der Waals surface area contributed by atoms with Crippen molar-refractivity contribution in [3.8, 4) is 0 Å². The number of para-hydroxylation sites is 4. The van der Waals surface area contributed by atoms with Crippen LogP contribution in [-0.2, 0) is 0 Å². The van der Waals surface area contributed by atoms with Crippen LogP contribution in [-0.4, -0.2) is 8.07 Å². The Labute approximate surface area is 364 Å². The largest absolute Gasteiger partial charge is 0.454 e. The van der Waals surface area contributed by atoms with E-state index in [1.165, 1.54) is 41.7 Å². The second-order valence-corrected chi connectivity index (χ2v) is 23.6. The van der Waals surface area contributed by atoms with E-state index in [4.69, 9.17) is 8.83 Å². The molecule has 0 unspecified atom stereocenters. The molecular weight excluding hydrogens is 793 g/mol. The number of hydrogen-bond donors (Lipinski definition) is 0. The van der Waals surface area contributed by atoms with E-state index in [-0.39, 0.29) is 0 Å². The Kier molecular flexibility index (Phi) is 8.26. The Bertz CT molecular complexity index is 3700. The van der Waals surface area contributed by atoms with E-state index in [0.29, 0.717) is 0 Å². The van der Waals surface area contributed by atoms with Gasteiger partial charge in [0.25, 0.3) is 0 Å². The number of thiophene rings is 1. The third-order valence-electron chi connectivity index (χ3n) is 12.5. The molecule has 0 spiro atoms. The number of benzene rings is 9. The SMILES string of the molecule is Cc1ccc(N(c2ccc3sc4cc(N(c5ccc([Si](C)(C)C)cc5)c5cccc6c5oc5ccccc56)c5ccccc5c4c3c2)c2cccc3c2oc2ccccc23)cc1. The third kappa shape index (κ3) is 5.78. The first kappa shape index (κ1) is 36.7. The summed E-state index contributed by atoms with van der Waals surface area (Å²) in [6.45, 7) is 9.35. The van der Waals surface area contributed by atoms with Crippen molar-refractivity contribution >= 4 is 134 Å². The number of furan rings is 2. The van der Waals surface area contributed by atoms with E-state index >= 15 is 0 Å². The van der Waals surface area contributed by atoms with Gasteiger partial charge in [0.15, 0.2) is 11.2 Å². The normalized spacial score (nSPS) is 12.2. The molecule has 0 aliphatic carbocycles. The Balaban J connectivity index is 1.10.